The Morgan fingerprint density at radius 3 is 2.57 bits per heavy atom. The van der Waals surface area contributed by atoms with Crippen LogP contribution < -0.4 is 0 Å². The molecule has 0 spiro atoms. The Hall–Kier alpha value is -3.15. The first-order chi connectivity index (χ1) is 14.4. The molecule has 0 saturated heterocycles. The number of Topliss-reactive ketones (excluding diaryl/α,β-unsaturated/α-hetero) is 1. The van der Waals surface area contributed by atoms with Crippen molar-refractivity contribution in [2.45, 2.75) is 53.5 Å². The van der Waals surface area contributed by atoms with Crippen molar-refractivity contribution in [3.05, 3.63) is 64.9 Å². The fourth-order valence-electron chi connectivity index (χ4n) is 3.43. The van der Waals surface area contributed by atoms with Gasteiger partial charge in [0.25, 0.3) is 0 Å². The van der Waals surface area contributed by atoms with Gasteiger partial charge in [0.2, 0.25) is 5.78 Å². The van der Waals surface area contributed by atoms with Gasteiger partial charge in [0.1, 0.15) is 0 Å². The molecule has 2 aromatic heterocycles. The number of ether oxygens (including phenoxy) is 1. The minimum atomic E-state index is -0.444. The van der Waals surface area contributed by atoms with Crippen LogP contribution >= 0.6 is 0 Å². The van der Waals surface area contributed by atoms with E-state index < -0.39 is 5.97 Å². The molecule has 0 aliphatic carbocycles. The summed E-state index contributed by atoms with van der Waals surface area (Å²) in [5.41, 5.74) is 4.68. The average molecular weight is 408 g/mol. The number of hydrogen-bond donors (Lipinski definition) is 0. The molecule has 1 aromatic carbocycles. The molecule has 0 amide bonds. The highest BCUT2D eigenvalue weighted by Crippen LogP contribution is 2.21. The van der Waals surface area contributed by atoms with E-state index in [-0.39, 0.29) is 18.8 Å². The molecule has 3 rings (SSSR count). The van der Waals surface area contributed by atoms with Crippen molar-refractivity contribution in [2.24, 2.45) is 0 Å². The van der Waals surface area contributed by atoms with E-state index in [0.29, 0.717) is 23.6 Å². The van der Waals surface area contributed by atoms with E-state index in [0.717, 1.165) is 29.9 Å². The van der Waals surface area contributed by atoms with Gasteiger partial charge in [0.05, 0.1) is 12.6 Å². The first-order valence-corrected chi connectivity index (χ1v) is 10.3. The van der Waals surface area contributed by atoms with Gasteiger partial charge in [-0.25, -0.2) is 4.98 Å². The molecule has 30 heavy (non-hydrogen) atoms. The number of esters is 1. The van der Waals surface area contributed by atoms with Gasteiger partial charge < -0.3 is 13.7 Å². The molecule has 2 heterocycles. The molecule has 0 aliphatic rings. The van der Waals surface area contributed by atoms with Crippen molar-refractivity contribution in [1.82, 2.24) is 9.55 Å². The van der Waals surface area contributed by atoms with Crippen LogP contribution in [0.15, 0.2) is 40.9 Å². The summed E-state index contributed by atoms with van der Waals surface area (Å²) in [5, 5.41) is 0. The highest BCUT2D eigenvalue weighted by Gasteiger charge is 2.17. The van der Waals surface area contributed by atoms with Crippen LogP contribution in [0, 0.1) is 20.8 Å². The SMILES string of the molecule is CCCn1c(C)cc(C(=O)COC(=O)CCc2ncc(-c3ccc(C)cc3)o2)c1C. The summed E-state index contributed by atoms with van der Waals surface area (Å²) < 4.78 is 13.0. The normalized spacial score (nSPS) is 10.9. The smallest absolute Gasteiger partial charge is 0.306 e. The summed E-state index contributed by atoms with van der Waals surface area (Å²) in [7, 11) is 0. The Labute approximate surface area is 176 Å². The molecule has 0 N–H and O–H groups in total. The van der Waals surface area contributed by atoms with E-state index in [2.05, 4.69) is 16.5 Å². The van der Waals surface area contributed by atoms with E-state index in [1.807, 2.05) is 51.1 Å². The van der Waals surface area contributed by atoms with Gasteiger partial charge in [-0.05, 0) is 33.3 Å². The van der Waals surface area contributed by atoms with Gasteiger partial charge in [0.15, 0.2) is 18.3 Å². The molecular weight excluding hydrogens is 380 g/mol. The van der Waals surface area contributed by atoms with E-state index in [1.54, 1.807) is 6.20 Å². The van der Waals surface area contributed by atoms with Crippen molar-refractivity contribution in [2.75, 3.05) is 6.61 Å². The second-order valence-corrected chi connectivity index (χ2v) is 7.50. The zero-order valence-corrected chi connectivity index (χ0v) is 18.0. The first kappa shape index (κ1) is 21.6. The van der Waals surface area contributed by atoms with Crippen molar-refractivity contribution in [3.63, 3.8) is 0 Å². The lowest BCUT2D eigenvalue weighted by atomic mass is 10.1. The fourth-order valence-corrected chi connectivity index (χ4v) is 3.43. The maximum absolute atomic E-state index is 12.5. The van der Waals surface area contributed by atoms with Crippen LogP contribution in [0.1, 0.15) is 53.0 Å². The van der Waals surface area contributed by atoms with Gasteiger partial charge in [-0.2, -0.15) is 0 Å². The van der Waals surface area contributed by atoms with Gasteiger partial charge in [-0.15, -0.1) is 0 Å². The maximum atomic E-state index is 12.5. The van der Waals surface area contributed by atoms with E-state index in [9.17, 15) is 9.59 Å². The van der Waals surface area contributed by atoms with Gasteiger partial charge >= 0.3 is 5.97 Å². The molecule has 0 saturated carbocycles. The number of carbonyl (C=O) groups excluding carboxylic acids is 2. The number of aryl methyl sites for hydroxylation is 3. The Kier molecular flexibility index (Phi) is 6.87. The molecule has 0 radical (unpaired) electrons. The molecule has 158 valence electrons. The van der Waals surface area contributed by atoms with Crippen LogP contribution in [0.5, 0.6) is 0 Å². The number of rotatable bonds is 9. The van der Waals surface area contributed by atoms with Gasteiger partial charge in [0, 0.05) is 35.5 Å². The Morgan fingerprint density at radius 2 is 1.87 bits per heavy atom. The third kappa shape index (κ3) is 5.06. The second kappa shape index (κ2) is 9.57. The summed E-state index contributed by atoms with van der Waals surface area (Å²) in [4.78, 5) is 28.8. The lowest BCUT2D eigenvalue weighted by Crippen LogP contribution is -2.15. The number of carbonyl (C=O) groups is 2. The lowest BCUT2D eigenvalue weighted by molar-refractivity contribution is -0.142. The van der Waals surface area contributed by atoms with Gasteiger partial charge in [-0.1, -0.05) is 36.8 Å². The Bertz CT molecular complexity index is 1030. The number of oxazole rings is 1. The largest absolute Gasteiger partial charge is 0.457 e. The topological polar surface area (TPSA) is 74.3 Å². The summed E-state index contributed by atoms with van der Waals surface area (Å²) in [6.07, 6.45) is 3.08. The molecule has 0 atom stereocenters. The summed E-state index contributed by atoms with van der Waals surface area (Å²) >= 11 is 0. The number of aromatic nitrogens is 2. The van der Waals surface area contributed by atoms with Crippen molar-refractivity contribution >= 4 is 11.8 Å². The maximum Gasteiger partial charge on any atom is 0.306 e. The molecule has 0 bridgehead atoms. The fraction of sp³-hybridized carbons (Fsp3) is 0.375. The highest BCUT2D eigenvalue weighted by molar-refractivity contribution is 5.99. The Morgan fingerprint density at radius 1 is 1.13 bits per heavy atom. The predicted molar refractivity (Wildman–Crippen MR) is 114 cm³/mol. The summed E-state index contributed by atoms with van der Waals surface area (Å²) in [6, 6.07) is 9.81. The van der Waals surface area contributed by atoms with Crippen molar-refractivity contribution < 1.29 is 18.7 Å². The zero-order valence-electron chi connectivity index (χ0n) is 18.0. The standard InChI is InChI=1S/C24H28N2O4/c1-5-12-26-17(3)13-20(18(26)4)21(27)15-29-24(28)11-10-23-25-14-22(30-23)19-8-6-16(2)7-9-19/h6-9,13-14H,5,10-12,15H2,1-4H3. The highest BCUT2D eigenvalue weighted by atomic mass is 16.5. The average Bonchev–Trinajstić information content (AvgIpc) is 3.31. The van der Waals surface area contributed by atoms with Crippen LogP contribution in [0.2, 0.25) is 0 Å². The molecule has 0 aliphatic heterocycles. The predicted octanol–water partition coefficient (Wildman–Crippen LogP) is 4.84. The summed E-state index contributed by atoms with van der Waals surface area (Å²) in [5.74, 6) is 0.505. The van der Waals surface area contributed by atoms with E-state index in [1.165, 1.54) is 5.56 Å². The molecule has 0 unspecified atom stereocenters. The van der Waals surface area contributed by atoms with E-state index >= 15 is 0 Å². The van der Waals surface area contributed by atoms with Crippen LogP contribution in [-0.2, 0) is 22.5 Å². The van der Waals surface area contributed by atoms with Crippen LogP contribution in [-0.4, -0.2) is 27.9 Å². The summed E-state index contributed by atoms with van der Waals surface area (Å²) in [6.45, 7) is 8.63. The minimum Gasteiger partial charge on any atom is -0.457 e. The third-order valence-electron chi connectivity index (χ3n) is 5.12. The molecular formula is C24H28N2O4. The Balaban J connectivity index is 1.50. The number of ketones is 1. The number of nitrogens with zero attached hydrogens (tertiary/aromatic N) is 2. The number of hydrogen-bond acceptors (Lipinski definition) is 5. The minimum absolute atomic E-state index is 0.107. The zero-order chi connectivity index (χ0) is 21.7. The second-order valence-electron chi connectivity index (χ2n) is 7.50. The quantitative estimate of drug-likeness (QED) is 0.374. The molecule has 0 fully saturated rings. The monoisotopic (exact) mass is 408 g/mol. The van der Waals surface area contributed by atoms with Crippen LogP contribution in [0.4, 0.5) is 0 Å². The van der Waals surface area contributed by atoms with Crippen molar-refractivity contribution in [1.29, 1.82) is 0 Å². The third-order valence-corrected chi connectivity index (χ3v) is 5.12. The first-order valence-electron chi connectivity index (χ1n) is 10.3. The van der Waals surface area contributed by atoms with Crippen molar-refractivity contribution in [3.8, 4) is 11.3 Å². The van der Waals surface area contributed by atoms with Crippen LogP contribution in [0.25, 0.3) is 11.3 Å². The molecule has 3 aromatic rings. The molecule has 6 nitrogen and oxygen atoms in total. The van der Waals surface area contributed by atoms with Gasteiger partial charge in [-0.3, -0.25) is 9.59 Å². The van der Waals surface area contributed by atoms with E-state index in [4.69, 9.17) is 9.15 Å². The number of benzene rings is 1. The lowest BCUT2D eigenvalue weighted by Gasteiger charge is -2.08. The van der Waals surface area contributed by atoms with Crippen LogP contribution in [0.3, 0.4) is 0 Å². The molecule has 6 heteroatoms.